The van der Waals surface area contributed by atoms with Gasteiger partial charge in [0.2, 0.25) is 25.1 Å². The van der Waals surface area contributed by atoms with Crippen molar-refractivity contribution in [3.05, 3.63) is 53.5 Å². The Balaban J connectivity index is 1.62. The van der Waals surface area contributed by atoms with Crippen LogP contribution in [0.15, 0.2) is 56.7 Å². The monoisotopic (exact) mass is 488 g/mol. The van der Waals surface area contributed by atoms with Crippen molar-refractivity contribution in [3.63, 3.8) is 0 Å². The summed E-state index contributed by atoms with van der Waals surface area (Å²) in [6, 6.07) is 7.53. The summed E-state index contributed by atoms with van der Waals surface area (Å²) >= 11 is 0.727. The molecule has 3 heterocycles. The number of sulfone groups is 1. The van der Waals surface area contributed by atoms with Crippen LogP contribution in [-0.2, 0) is 14.6 Å². The lowest BCUT2D eigenvalue weighted by molar-refractivity contribution is -0.114. The van der Waals surface area contributed by atoms with Crippen molar-refractivity contribution in [1.82, 2.24) is 5.01 Å². The van der Waals surface area contributed by atoms with Crippen molar-refractivity contribution in [3.8, 4) is 11.5 Å². The number of hydrogen-bond acceptors (Lipinski definition) is 10. The van der Waals surface area contributed by atoms with E-state index >= 15 is 0 Å². The first kappa shape index (κ1) is 22.5. The van der Waals surface area contributed by atoms with Crippen molar-refractivity contribution in [2.24, 2.45) is 10.1 Å². The van der Waals surface area contributed by atoms with Gasteiger partial charge in [-0.25, -0.2) is 13.2 Å². The summed E-state index contributed by atoms with van der Waals surface area (Å²) in [6.07, 6.45) is 2.73. The van der Waals surface area contributed by atoms with Crippen LogP contribution in [0.5, 0.6) is 11.5 Å². The van der Waals surface area contributed by atoms with Gasteiger partial charge in [0.05, 0.1) is 24.7 Å². The molecule has 2 aliphatic rings. The summed E-state index contributed by atoms with van der Waals surface area (Å²) in [5, 5.41) is 13.3. The SMILES string of the molecule is CCS(=O)(=O)C1=NN2C(=N)/C(=C\c3ccc(OC(=O)c4ccco4)c(OC)c3)C(=O)N=C2S1. The summed E-state index contributed by atoms with van der Waals surface area (Å²) in [7, 11) is -2.23. The molecular formula is C20H16N4O7S2. The number of benzene rings is 1. The zero-order valence-corrected chi connectivity index (χ0v) is 18.9. The molecule has 1 N–H and O–H groups in total. The van der Waals surface area contributed by atoms with Crippen molar-refractivity contribution in [2.45, 2.75) is 6.92 Å². The van der Waals surface area contributed by atoms with Crippen LogP contribution >= 0.6 is 11.8 Å². The lowest BCUT2D eigenvalue weighted by Crippen LogP contribution is -2.35. The van der Waals surface area contributed by atoms with E-state index in [0.29, 0.717) is 5.56 Å². The minimum Gasteiger partial charge on any atom is -0.493 e. The third-order valence-electron chi connectivity index (χ3n) is 4.51. The van der Waals surface area contributed by atoms with E-state index in [4.69, 9.17) is 19.3 Å². The highest BCUT2D eigenvalue weighted by Gasteiger charge is 2.39. The zero-order chi connectivity index (χ0) is 23.8. The molecule has 0 unspecified atom stereocenters. The number of carbonyl (C=O) groups excluding carboxylic acids is 2. The molecule has 33 heavy (non-hydrogen) atoms. The summed E-state index contributed by atoms with van der Waals surface area (Å²) in [6.45, 7) is 1.47. The minimum absolute atomic E-state index is 0.00643. The van der Waals surface area contributed by atoms with Crippen molar-refractivity contribution in [1.29, 1.82) is 5.41 Å². The zero-order valence-electron chi connectivity index (χ0n) is 17.3. The Hall–Kier alpha value is -3.71. The van der Waals surface area contributed by atoms with Gasteiger partial charge in [-0.15, -0.1) is 5.10 Å². The first-order chi connectivity index (χ1) is 15.7. The van der Waals surface area contributed by atoms with Crippen LogP contribution in [0.4, 0.5) is 0 Å². The normalized spacial score (nSPS) is 17.0. The second-order valence-electron chi connectivity index (χ2n) is 6.57. The Kier molecular flexibility index (Phi) is 5.91. The number of furan rings is 1. The fourth-order valence-electron chi connectivity index (χ4n) is 2.79. The van der Waals surface area contributed by atoms with Gasteiger partial charge in [-0.3, -0.25) is 10.2 Å². The number of ether oxygens (including phenoxy) is 2. The molecule has 1 amide bonds. The highest BCUT2D eigenvalue weighted by molar-refractivity contribution is 8.42. The summed E-state index contributed by atoms with van der Waals surface area (Å²) in [4.78, 5) is 28.5. The Morgan fingerprint density at radius 2 is 2.09 bits per heavy atom. The van der Waals surface area contributed by atoms with Crippen LogP contribution in [0.25, 0.3) is 6.08 Å². The van der Waals surface area contributed by atoms with Gasteiger partial charge in [-0.1, -0.05) is 13.0 Å². The number of hydrogen-bond donors (Lipinski definition) is 1. The number of nitrogens with one attached hydrogen (secondary N) is 1. The number of hydrazone groups is 1. The molecule has 1 aromatic carbocycles. The van der Waals surface area contributed by atoms with E-state index in [9.17, 15) is 18.0 Å². The van der Waals surface area contributed by atoms with Gasteiger partial charge in [0.25, 0.3) is 5.91 Å². The lowest BCUT2D eigenvalue weighted by Gasteiger charge is -2.20. The van der Waals surface area contributed by atoms with E-state index in [2.05, 4.69) is 10.1 Å². The van der Waals surface area contributed by atoms with Gasteiger partial charge in [0, 0.05) is 0 Å². The number of nitrogens with zero attached hydrogens (tertiary/aromatic N) is 3. The predicted octanol–water partition coefficient (Wildman–Crippen LogP) is 2.52. The maximum absolute atomic E-state index is 12.5. The Bertz CT molecular complexity index is 1360. The molecule has 0 aliphatic carbocycles. The Morgan fingerprint density at radius 1 is 1.30 bits per heavy atom. The number of carbonyl (C=O) groups is 2. The molecule has 0 atom stereocenters. The average molecular weight is 489 g/mol. The molecule has 0 spiro atoms. The molecule has 2 aromatic rings. The maximum atomic E-state index is 12.5. The molecule has 170 valence electrons. The van der Waals surface area contributed by atoms with Gasteiger partial charge in [-0.2, -0.15) is 10.0 Å². The molecule has 4 rings (SSSR count). The molecule has 0 radical (unpaired) electrons. The molecular weight excluding hydrogens is 472 g/mol. The van der Waals surface area contributed by atoms with Crippen LogP contribution in [0.3, 0.4) is 0 Å². The summed E-state index contributed by atoms with van der Waals surface area (Å²) in [5.74, 6) is -1.55. The lowest BCUT2D eigenvalue weighted by atomic mass is 10.1. The first-order valence-corrected chi connectivity index (χ1v) is 11.9. The first-order valence-electron chi connectivity index (χ1n) is 9.40. The molecule has 13 heteroatoms. The number of esters is 1. The predicted molar refractivity (Wildman–Crippen MR) is 121 cm³/mol. The molecule has 2 aliphatic heterocycles. The average Bonchev–Trinajstić information content (AvgIpc) is 3.48. The van der Waals surface area contributed by atoms with Crippen LogP contribution in [0.1, 0.15) is 23.0 Å². The van der Waals surface area contributed by atoms with E-state index in [0.717, 1.165) is 16.8 Å². The number of amidine groups is 2. The van der Waals surface area contributed by atoms with Crippen LogP contribution in [0, 0.1) is 5.41 Å². The molecule has 0 fully saturated rings. The summed E-state index contributed by atoms with van der Waals surface area (Å²) in [5.41, 5.74) is 0.356. The largest absolute Gasteiger partial charge is 0.493 e. The fourth-order valence-corrected chi connectivity index (χ4v) is 4.96. The van der Waals surface area contributed by atoms with Crippen LogP contribution in [0.2, 0.25) is 0 Å². The number of thioether (sulfide) groups is 1. The number of methoxy groups -OCH3 is 1. The van der Waals surface area contributed by atoms with Gasteiger partial charge in [0.15, 0.2) is 17.3 Å². The molecule has 1 aromatic heterocycles. The standard InChI is InChI=1S/C20H16N4O7S2/c1-3-33(27,28)20-23-24-16(21)12(17(25)22-19(24)32-20)9-11-6-7-13(15(10-11)29-2)31-18(26)14-5-4-8-30-14/h4-10,21H,3H2,1-2H3/b12-9+,21-16?. The highest BCUT2D eigenvalue weighted by Crippen LogP contribution is 2.33. The van der Waals surface area contributed by atoms with Gasteiger partial charge >= 0.3 is 5.97 Å². The Morgan fingerprint density at radius 3 is 2.76 bits per heavy atom. The quantitative estimate of drug-likeness (QED) is 0.380. The van der Waals surface area contributed by atoms with E-state index < -0.39 is 21.7 Å². The topological polar surface area (TPSA) is 152 Å². The number of fused-ring (bicyclic) bond motifs is 1. The van der Waals surface area contributed by atoms with E-state index in [1.165, 1.54) is 44.6 Å². The van der Waals surface area contributed by atoms with Crippen LogP contribution in [-0.4, -0.2) is 53.5 Å². The van der Waals surface area contributed by atoms with Crippen LogP contribution < -0.4 is 9.47 Å². The van der Waals surface area contributed by atoms with Gasteiger partial charge in [0.1, 0.15) is 0 Å². The second kappa shape index (κ2) is 8.67. The number of aliphatic imine (C=N–C) groups is 1. The molecule has 0 bridgehead atoms. The fraction of sp³-hybridized carbons (Fsp3) is 0.150. The van der Waals surface area contributed by atoms with E-state index in [1.54, 1.807) is 12.1 Å². The third-order valence-corrected chi connectivity index (χ3v) is 7.59. The van der Waals surface area contributed by atoms with Crippen molar-refractivity contribution >= 4 is 54.9 Å². The van der Waals surface area contributed by atoms with Gasteiger partial charge < -0.3 is 13.9 Å². The second-order valence-corrected chi connectivity index (χ2v) is 9.97. The van der Waals surface area contributed by atoms with E-state index in [-0.39, 0.29) is 44.0 Å². The van der Waals surface area contributed by atoms with Gasteiger partial charge in [-0.05, 0) is 47.7 Å². The van der Waals surface area contributed by atoms with Crippen molar-refractivity contribution in [2.75, 3.05) is 12.9 Å². The highest BCUT2D eigenvalue weighted by atomic mass is 32.3. The molecule has 0 saturated carbocycles. The Labute approximate surface area is 192 Å². The van der Waals surface area contributed by atoms with Crippen molar-refractivity contribution < 1.29 is 31.9 Å². The number of rotatable bonds is 5. The molecule has 0 saturated heterocycles. The minimum atomic E-state index is -3.62. The number of amides is 1. The maximum Gasteiger partial charge on any atom is 0.379 e. The third kappa shape index (κ3) is 4.32. The van der Waals surface area contributed by atoms with E-state index in [1.807, 2.05) is 0 Å². The molecule has 11 nitrogen and oxygen atoms in total. The smallest absolute Gasteiger partial charge is 0.379 e. The summed E-state index contributed by atoms with van der Waals surface area (Å²) < 4.78 is 39.6.